The fraction of sp³-hybridized carbons (Fsp3) is 0.273. The van der Waals surface area contributed by atoms with Gasteiger partial charge < -0.3 is 25.8 Å². The van der Waals surface area contributed by atoms with E-state index in [0.29, 0.717) is 11.3 Å². The summed E-state index contributed by atoms with van der Waals surface area (Å²) in [6, 6.07) is 6.42. The number of rotatable bonds is 6. The van der Waals surface area contributed by atoms with Crippen molar-refractivity contribution in [1.82, 2.24) is 0 Å². The zero-order chi connectivity index (χ0) is 13.7. The van der Waals surface area contributed by atoms with Crippen molar-refractivity contribution in [1.29, 1.82) is 0 Å². The van der Waals surface area contributed by atoms with Crippen molar-refractivity contribution in [3.63, 3.8) is 0 Å². The molecule has 2 unspecified atom stereocenters. The summed E-state index contributed by atoms with van der Waals surface area (Å²) in [5.74, 6) is -3.19. The molecule has 1 aromatic rings. The molecule has 0 spiro atoms. The quantitative estimate of drug-likeness (QED) is 0.512. The fourth-order valence-corrected chi connectivity index (χ4v) is 1.23. The molecule has 0 aliphatic carbocycles. The van der Waals surface area contributed by atoms with E-state index in [4.69, 9.17) is 25.8 Å². The Morgan fingerprint density at radius 3 is 2.17 bits per heavy atom. The van der Waals surface area contributed by atoms with Gasteiger partial charge in [0.05, 0.1) is 6.61 Å². The molecule has 7 nitrogen and oxygen atoms in total. The predicted octanol–water partition coefficient (Wildman–Crippen LogP) is -0.316. The Kier molecular flexibility index (Phi) is 4.64. The van der Waals surface area contributed by atoms with E-state index < -0.39 is 24.1 Å². The average molecular weight is 255 g/mol. The summed E-state index contributed by atoms with van der Waals surface area (Å²) >= 11 is 0. The number of ether oxygens (including phenoxy) is 1. The number of carbonyl (C=O) groups is 2. The number of carboxylic acids is 2. The Hall–Kier alpha value is -2.12. The summed E-state index contributed by atoms with van der Waals surface area (Å²) in [5.41, 5.74) is 6.63. The van der Waals surface area contributed by atoms with Crippen molar-refractivity contribution in [3.8, 4) is 0 Å². The third kappa shape index (κ3) is 3.72. The van der Waals surface area contributed by atoms with Gasteiger partial charge in [-0.05, 0) is 17.7 Å². The molecule has 98 valence electrons. The van der Waals surface area contributed by atoms with Crippen LogP contribution < -0.4 is 5.73 Å². The molecule has 0 amide bonds. The maximum absolute atomic E-state index is 10.8. The molecule has 5 N–H and O–H groups in total. The number of anilines is 1. The average Bonchev–Trinajstić information content (AvgIpc) is 2.31. The van der Waals surface area contributed by atoms with Gasteiger partial charge >= 0.3 is 11.9 Å². The first-order chi connectivity index (χ1) is 8.41. The molecule has 0 fully saturated rings. The summed E-state index contributed by atoms with van der Waals surface area (Å²) in [6.45, 7) is -0.137. The topological polar surface area (TPSA) is 130 Å². The van der Waals surface area contributed by atoms with Gasteiger partial charge in [-0.2, -0.15) is 0 Å². The third-order valence-electron chi connectivity index (χ3n) is 2.19. The van der Waals surface area contributed by atoms with Crippen LogP contribution in [0.15, 0.2) is 24.3 Å². The van der Waals surface area contributed by atoms with Gasteiger partial charge in [0.25, 0.3) is 0 Å². The normalized spacial score (nSPS) is 13.8. The number of carboxylic acid groups (broad SMARTS) is 2. The van der Waals surface area contributed by atoms with Crippen LogP contribution in [0, 0.1) is 0 Å². The lowest BCUT2D eigenvalue weighted by molar-refractivity contribution is -0.172. The zero-order valence-electron chi connectivity index (χ0n) is 9.31. The number of nitrogen functional groups attached to an aromatic ring is 1. The molecule has 0 aromatic heterocycles. The minimum atomic E-state index is -2.11. The zero-order valence-corrected chi connectivity index (χ0v) is 9.31. The van der Waals surface area contributed by atoms with E-state index >= 15 is 0 Å². The fourth-order valence-electron chi connectivity index (χ4n) is 1.23. The van der Waals surface area contributed by atoms with E-state index in [1.807, 2.05) is 0 Å². The van der Waals surface area contributed by atoms with Crippen LogP contribution in [0.1, 0.15) is 5.56 Å². The summed E-state index contributed by atoms with van der Waals surface area (Å²) in [4.78, 5) is 21.2. The van der Waals surface area contributed by atoms with Gasteiger partial charge in [-0.15, -0.1) is 0 Å². The van der Waals surface area contributed by atoms with Crippen LogP contribution in [0.5, 0.6) is 0 Å². The predicted molar refractivity (Wildman–Crippen MR) is 60.7 cm³/mol. The lowest BCUT2D eigenvalue weighted by atomic mass is 10.2. The highest BCUT2D eigenvalue weighted by Gasteiger charge is 2.32. The van der Waals surface area contributed by atoms with Gasteiger partial charge in [0.2, 0.25) is 0 Å². The summed E-state index contributed by atoms with van der Waals surface area (Å²) in [7, 11) is 0. The third-order valence-corrected chi connectivity index (χ3v) is 2.19. The largest absolute Gasteiger partial charge is 0.479 e. The highest BCUT2D eigenvalue weighted by atomic mass is 16.5. The summed E-state index contributed by atoms with van der Waals surface area (Å²) < 4.78 is 4.88. The minimum absolute atomic E-state index is 0.137. The van der Waals surface area contributed by atoms with Gasteiger partial charge in [-0.3, -0.25) is 0 Å². The van der Waals surface area contributed by atoms with E-state index in [2.05, 4.69) is 0 Å². The van der Waals surface area contributed by atoms with Crippen molar-refractivity contribution in [2.24, 2.45) is 0 Å². The molecule has 0 saturated heterocycles. The Bertz CT molecular complexity index is 430. The Morgan fingerprint density at radius 2 is 1.72 bits per heavy atom. The van der Waals surface area contributed by atoms with Crippen LogP contribution in [0.3, 0.4) is 0 Å². The molecule has 0 aliphatic heterocycles. The number of hydrogen-bond donors (Lipinski definition) is 4. The van der Waals surface area contributed by atoms with Gasteiger partial charge in [0.15, 0.2) is 12.2 Å². The summed E-state index contributed by atoms with van der Waals surface area (Å²) in [5, 5.41) is 26.4. The minimum Gasteiger partial charge on any atom is -0.479 e. The molecule has 0 saturated carbocycles. The monoisotopic (exact) mass is 255 g/mol. The maximum Gasteiger partial charge on any atom is 0.336 e. The maximum atomic E-state index is 10.8. The summed E-state index contributed by atoms with van der Waals surface area (Å²) in [6.07, 6.45) is -3.93. The molecule has 1 aromatic carbocycles. The van der Waals surface area contributed by atoms with Gasteiger partial charge in [0.1, 0.15) is 0 Å². The van der Waals surface area contributed by atoms with Crippen molar-refractivity contribution in [2.75, 3.05) is 5.73 Å². The molecule has 0 radical (unpaired) electrons. The second kappa shape index (κ2) is 5.99. The highest BCUT2D eigenvalue weighted by Crippen LogP contribution is 2.10. The number of aliphatic hydroxyl groups excluding tert-OH is 1. The molecule has 0 aliphatic rings. The van der Waals surface area contributed by atoms with Crippen LogP contribution in [-0.2, 0) is 20.9 Å². The molecule has 7 heteroatoms. The lowest BCUT2D eigenvalue weighted by Crippen LogP contribution is -2.41. The molecule has 18 heavy (non-hydrogen) atoms. The van der Waals surface area contributed by atoms with Gasteiger partial charge in [0, 0.05) is 5.69 Å². The number of benzene rings is 1. The van der Waals surface area contributed by atoms with Crippen LogP contribution in [0.4, 0.5) is 5.69 Å². The van der Waals surface area contributed by atoms with Crippen LogP contribution in [0.2, 0.25) is 0 Å². The number of nitrogens with two attached hydrogens (primary N) is 1. The van der Waals surface area contributed by atoms with E-state index in [0.717, 1.165) is 0 Å². The van der Waals surface area contributed by atoms with E-state index in [1.165, 1.54) is 0 Å². The van der Waals surface area contributed by atoms with E-state index in [9.17, 15) is 9.59 Å². The first kappa shape index (κ1) is 13.9. The van der Waals surface area contributed by atoms with Crippen LogP contribution in [-0.4, -0.2) is 39.5 Å². The highest BCUT2D eigenvalue weighted by molar-refractivity contribution is 5.83. The number of aliphatic hydroxyl groups is 1. The number of aliphatic carboxylic acids is 2. The van der Waals surface area contributed by atoms with E-state index in [-0.39, 0.29) is 6.61 Å². The van der Waals surface area contributed by atoms with Crippen molar-refractivity contribution in [3.05, 3.63) is 29.8 Å². The molecule has 0 heterocycles. The Labute approximate surface area is 102 Å². The standard InChI is InChI=1S/C11H13NO6/c12-7-3-1-6(2-4-7)5-18-9(11(16)17)8(13)10(14)15/h1-4,8-9,13H,5,12H2,(H,14,15)(H,16,17). The van der Waals surface area contributed by atoms with Gasteiger partial charge in [-0.1, -0.05) is 12.1 Å². The van der Waals surface area contributed by atoms with Gasteiger partial charge in [-0.25, -0.2) is 9.59 Å². The van der Waals surface area contributed by atoms with E-state index in [1.54, 1.807) is 24.3 Å². The van der Waals surface area contributed by atoms with Crippen LogP contribution >= 0.6 is 0 Å². The molecule has 0 bridgehead atoms. The molecular formula is C11H13NO6. The molecular weight excluding hydrogens is 242 g/mol. The first-order valence-corrected chi connectivity index (χ1v) is 5.01. The Morgan fingerprint density at radius 1 is 1.17 bits per heavy atom. The van der Waals surface area contributed by atoms with Crippen molar-refractivity contribution >= 4 is 17.6 Å². The Balaban J connectivity index is 2.65. The number of hydrogen-bond acceptors (Lipinski definition) is 5. The smallest absolute Gasteiger partial charge is 0.336 e. The molecule has 1 rings (SSSR count). The lowest BCUT2D eigenvalue weighted by Gasteiger charge is -2.16. The second-order valence-electron chi connectivity index (χ2n) is 3.59. The second-order valence-corrected chi connectivity index (χ2v) is 3.59. The van der Waals surface area contributed by atoms with Crippen LogP contribution in [0.25, 0.3) is 0 Å². The molecule has 2 atom stereocenters. The van der Waals surface area contributed by atoms with Crippen molar-refractivity contribution in [2.45, 2.75) is 18.8 Å². The van der Waals surface area contributed by atoms with Crippen molar-refractivity contribution < 1.29 is 29.6 Å². The SMILES string of the molecule is Nc1ccc(COC(C(=O)O)C(O)C(=O)O)cc1. The first-order valence-electron chi connectivity index (χ1n) is 5.01.